The van der Waals surface area contributed by atoms with Gasteiger partial charge in [-0.05, 0) is 35.9 Å². The van der Waals surface area contributed by atoms with Crippen LogP contribution in [-0.2, 0) is 19.3 Å². The third-order valence-corrected chi connectivity index (χ3v) is 5.91. The number of carbonyl (C=O) groups excluding carboxylic acids is 1. The van der Waals surface area contributed by atoms with Gasteiger partial charge in [0.25, 0.3) is 5.69 Å². The van der Waals surface area contributed by atoms with Gasteiger partial charge >= 0.3 is 0 Å². The van der Waals surface area contributed by atoms with Crippen molar-refractivity contribution in [3.05, 3.63) is 111 Å². The monoisotopic (exact) mass is 485 g/mol. The Kier molecular flexibility index (Phi) is 6.07. The Labute approximate surface area is 203 Å². The van der Waals surface area contributed by atoms with Crippen LogP contribution in [0, 0.1) is 21.7 Å². The fraction of sp³-hybridized carbons (Fsp3) is 0.115. The molecule has 5 rings (SSSR count). The van der Waals surface area contributed by atoms with Gasteiger partial charge in [0.2, 0.25) is 0 Å². The van der Waals surface area contributed by atoms with Gasteiger partial charge in [-0.15, -0.1) is 0 Å². The van der Waals surface area contributed by atoms with Crippen LogP contribution in [0.5, 0.6) is 0 Å². The van der Waals surface area contributed by atoms with Gasteiger partial charge in [-0.2, -0.15) is 0 Å². The van der Waals surface area contributed by atoms with Crippen LogP contribution >= 0.6 is 0 Å². The number of rotatable bonds is 7. The largest absolute Gasteiger partial charge is 0.294 e. The smallest absolute Gasteiger partial charge is 0.269 e. The van der Waals surface area contributed by atoms with Gasteiger partial charge in [-0.1, -0.05) is 6.07 Å². The van der Waals surface area contributed by atoms with E-state index in [0.29, 0.717) is 29.1 Å². The molecular formula is C26H17F2N5O3. The SMILES string of the molecule is O=C(Cc1ccc(F)c(Cc2ncccc2-c2ncnc3c2N=CC3)c1F)c1ccc([N+](=O)[O-])cc1. The molecule has 36 heavy (non-hydrogen) atoms. The lowest BCUT2D eigenvalue weighted by molar-refractivity contribution is -0.384. The van der Waals surface area contributed by atoms with E-state index in [1.807, 2.05) is 0 Å². The number of hydrogen-bond acceptors (Lipinski definition) is 7. The van der Waals surface area contributed by atoms with Crippen LogP contribution in [0.3, 0.4) is 0 Å². The van der Waals surface area contributed by atoms with Crippen LogP contribution in [0.1, 0.15) is 32.9 Å². The fourth-order valence-electron chi connectivity index (χ4n) is 4.07. The number of aromatic nitrogens is 3. The Bertz CT molecular complexity index is 1540. The number of nitro groups is 1. The lowest BCUT2D eigenvalue weighted by Crippen LogP contribution is -2.09. The molecule has 0 N–H and O–H groups in total. The van der Waals surface area contributed by atoms with Crippen LogP contribution in [0.4, 0.5) is 20.2 Å². The summed E-state index contributed by atoms with van der Waals surface area (Å²) >= 11 is 0. The quantitative estimate of drug-likeness (QED) is 0.207. The number of hydrogen-bond donors (Lipinski definition) is 0. The van der Waals surface area contributed by atoms with Gasteiger partial charge in [-0.3, -0.25) is 24.9 Å². The number of nitro benzene ring substituents is 1. The van der Waals surface area contributed by atoms with Crippen molar-refractivity contribution in [2.75, 3.05) is 0 Å². The fourth-order valence-corrected chi connectivity index (χ4v) is 4.07. The van der Waals surface area contributed by atoms with Crippen molar-refractivity contribution in [3.63, 3.8) is 0 Å². The molecule has 0 saturated heterocycles. The Morgan fingerprint density at radius 3 is 2.61 bits per heavy atom. The topological polar surface area (TPSA) is 111 Å². The first-order valence-electron chi connectivity index (χ1n) is 11.0. The van der Waals surface area contributed by atoms with E-state index in [1.165, 1.54) is 42.9 Å². The van der Waals surface area contributed by atoms with Gasteiger partial charge in [-0.25, -0.2) is 18.7 Å². The number of pyridine rings is 1. The predicted molar refractivity (Wildman–Crippen MR) is 127 cm³/mol. The second-order valence-electron chi connectivity index (χ2n) is 8.11. The van der Waals surface area contributed by atoms with E-state index in [1.54, 1.807) is 18.3 Å². The molecule has 0 radical (unpaired) electrons. The highest BCUT2D eigenvalue weighted by molar-refractivity contribution is 5.97. The molecule has 2 aromatic carbocycles. The van der Waals surface area contributed by atoms with E-state index in [9.17, 15) is 19.3 Å². The molecule has 0 amide bonds. The van der Waals surface area contributed by atoms with Gasteiger partial charge < -0.3 is 0 Å². The number of fused-ring (bicyclic) bond motifs is 1. The van der Waals surface area contributed by atoms with E-state index in [-0.39, 0.29) is 35.2 Å². The minimum Gasteiger partial charge on any atom is -0.294 e. The maximum absolute atomic E-state index is 15.5. The van der Waals surface area contributed by atoms with Crippen molar-refractivity contribution in [2.45, 2.75) is 19.3 Å². The van der Waals surface area contributed by atoms with Gasteiger partial charge in [0, 0.05) is 60.5 Å². The van der Waals surface area contributed by atoms with Crippen LogP contribution in [0.25, 0.3) is 11.3 Å². The summed E-state index contributed by atoms with van der Waals surface area (Å²) in [5, 5.41) is 10.8. The molecule has 178 valence electrons. The first kappa shape index (κ1) is 23.0. The van der Waals surface area contributed by atoms with Crippen molar-refractivity contribution in [3.8, 4) is 11.3 Å². The zero-order valence-electron chi connectivity index (χ0n) is 18.7. The molecule has 4 aromatic rings. The molecule has 0 atom stereocenters. The van der Waals surface area contributed by atoms with E-state index in [2.05, 4.69) is 19.9 Å². The Morgan fingerprint density at radius 1 is 1.03 bits per heavy atom. The molecule has 2 aromatic heterocycles. The molecule has 8 nitrogen and oxygen atoms in total. The first-order valence-corrected chi connectivity index (χ1v) is 11.0. The molecule has 0 spiro atoms. The predicted octanol–water partition coefficient (Wildman–Crippen LogP) is 5.00. The van der Waals surface area contributed by atoms with Crippen molar-refractivity contribution in [2.24, 2.45) is 4.99 Å². The molecule has 0 bridgehead atoms. The normalized spacial score (nSPS) is 11.9. The average Bonchev–Trinajstić information content (AvgIpc) is 3.38. The third-order valence-electron chi connectivity index (χ3n) is 5.91. The third kappa shape index (κ3) is 4.36. The molecule has 3 heterocycles. The van der Waals surface area contributed by atoms with E-state index in [0.717, 1.165) is 11.8 Å². The number of carbonyl (C=O) groups is 1. The van der Waals surface area contributed by atoms with Crippen LogP contribution in [-0.4, -0.2) is 31.9 Å². The number of benzene rings is 2. The van der Waals surface area contributed by atoms with Crippen molar-refractivity contribution in [1.82, 2.24) is 15.0 Å². The summed E-state index contributed by atoms with van der Waals surface area (Å²) in [6.45, 7) is 0. The summed E-state index contributed by atoms with van der Waals surface area (Å²) in [4.78, 5) is 40.2. The van der Waals surface area contributed by atoms with Crippen molar-refractivity contribution >= 4 is 23.4 Å². The lowest BCUT2D eigenvalue weighted by Gasteiger charge is -2.13. The zero-order chi connectivity index (χ0) is 25.2. The molecule has 0 saturated carbocycles. The van der Waals surface area contributed by atoms with Gasteiger partial charge in [0.15, 0.2) is 5.78 Å². The highest BCUT2D eigenvalue weighted by atomic mass is 19.1. The molecule has 1 aliphatic rings. The Balaban J connectivity index is 1.45. The number of non-ortho nitro benzene ring substituents is 1. The summed E-state index contributed by atoms with van der Waals surface area (Å²) in [6, 6.07) is 10.8. The molecule has 1 aliphatic heterocycles. The number of nitrogens with zero attached hydrogens (tertiary/aromatic N) is 5. The molecule has 10 heteroatoms. The first-order chi connectivity index (χ1) is 17.4. The summed E-state index contributed by atoms with van der Waals surface area (Å²) in [7, 11) is 0. The number of Topliss-reactive ketones (excluding diaryl/α,β-unsaturated/α-hetero) is 1. The summed E-state index contributed by atoms with van der Waals surface area (Å²) < 4.78 is 30.2. The standard InChI is InChI=1S/C26H17F2N5O3/c27-20-8-5-16(12-23(34)15-3-6-17(7-4-15)33(35)36)24(28)19(20)13-22-18(2-1-10-29-22)25-26-21(9-11-30-26)31-14-32-25/h1-8,10-11,14H,9,12-13H2. The summed E-state index contributed by atoms with van der Waals surface area (Å²) in [6.07, 6.45) is 4.75. The van der Waals surface area contributed by atoms with Crippen LogP contribution < -0.4 is 0 Å². The highest BCUT2D eigenvalue weighted by Crippen LogP contribution is 2.35. The van der Waals surface area contributed by atoms with E-state index in [4.69, 9.17) is 0 Å². The number of ketones is 1. The Morgan fingerprint density at radius 2 is 1.83 bits per heavy atom. The maximum Gasteiger partial charge on any atom is 0.269 e. The van der Waals surface area contributed by atoms with E-state index < -0.39 is 22.3 Å². The van der Waals surface area contributed by atoms with E-state index >= 15 is 4.39 Å². The highest BCUT2D eigenvalue weighted by Gasteiger charge is 2.22. The second-order valence-corrected chi connectivity index (χ2v) is 8.11. The Hall–Kier alpha value is -4.73. The molecule has 0 aliphatic carbocycles. The lowest BCUT2D eigenvalue weighted by atomic mass is 9.96. The van der Waals surface area contributed by atoms with Crippen LogP contribution in [0.15, 0.2) is 66.0 Å². The van der Waals surface area contributed by atoms with Crippen molar-refractivity contribution in [1.29, 1.82) is 0 Å². The summed E-state index contributed by atoms with van der Waals surface area (Å²) in [5.74, 6) is -2.05. The van der Waals surface area contributed by atoms with Crippen molar-refractivity contribution < 1.29 is 18.5 Å². The number of aliphatic imine (C=N–C) groups is 1. The minimum absolute atomic E-state index is 0.0137. The molecule has 0 fully saturated rings. The molecule has 0 unspecified atom stereocenters. The maximum atomic E-state index is 15.5. The van der Waals surface area contributed by atoms with Gasteiger partial charge in [0.05, 0.1) is 16.3 Å². The average molecular weight is 485 g/mol. The van der Waals surface area contributed by atoms with Gasteiger partial charge in [0.1, 0.15) is 29.3 Å². The zero-order valence-corrected chi connectivity index (χ0v) is 18.7. The molecular weight excluding hydrogens is 468 g/mol. The summed E-state index contributed by atoms with van der Waals surface area (Å²) in [5.41, 5.74) is 2.71. The van der Waals surface area contributed by atoms with Crippen LogP contribution in [0.2, 0.25) is 0 Å². The second kappa shape index (κ2) is 9.49. The number of halogens is 2. The minimum atomic E-state index is -0.840.